The van der Waals surface area contributed by atoms with Crippen molar-refractivity contribution in [3.63, 3.8) is 0 Å². The van der Waals surface area contributed by atoms with Crippen molar-refractivity contribution < 1.29 is 19.8 Å². The minimum atomic E-state index is -1.25. The lowest BCUT2D eigenvalue weighted by atomic mass is 9.71. The average molecular weight is 384 g/mol. The molecule has 1 aromatic rings. The van der Waals surface area contributed by atoms with Gasteiger partial charge < -0.3 is 15.5 Å². The number of nitrogens with one attached hydrogen (secondary N) is 1. The summed E-state index contributed by atoms with van der Waals surface area (Å²) in [4.78, 5) is 22.7. The fourth-order valence-electron chi connectivity index (χ4n) is 4.59. The summed E-state index contributed by atoms with van der Waals surface area (Å²) in [6, 6.07) is 5.03. The van der Waals surface area contributed by atoms with E-state index in [9.17, 15) is 14.7 Å². The molecule has 5 nitrogen and oxygen atoms in total. The van der Waals surface area contributed by atoms with E-state index in [2.05, 4.69) is 12.2 Å². The summed E-state index contributed by atoms with van der Waals surface area (Å²) >= 11 is 12.2. The van der Waals surface area contributed by atoms with Gasteiger partial charge in [0.25, 0.3) is 0 Å². The summed E-state index contributed by atoms with van der Waals surface area (Å²) in [5, 5.41) is 22.7. The highest BCUT2D eigenvalue weighted by molar-refractivity contribution is 6.42. The van der Waals surface area contributed by atoms with Crippen molar-refractivity contribution in [2.24, 2.45) is 11.8 Å². The van der Waals surface area contributed by atoms with Gasteiger partial charge in [0.1, 0.15) is 0 Å². The molecule has 7 heteroatoms. The molecule has 2 unspecified atom stereocenters. The van der Waals surface area contributed by atoms with E-state index in [0.717, 1.165) is 24.5 Å². The van der Waals surface area contributed by atoms with Crippen molar-refractivity contribution in [2.75, 3.05) is 6.54 Å². The summed E-state index contributed by atoms with van der Waals surface area (Å²) < 4.78 is 0. The molecule has 4 atom stereocenters. The predicted molar refractivity (Wildman–Crippen MR) is 95.2 cm³/mol. The van der Waals surface area contributed by atoms with Crippen molar-refractivity contribution in [3.8, 4) is 0 Å². The highest BCUT2D eigenvalue weighted by Gasteiger charge is 2.55. The lowest BCUT2D eigenvalue weighted by Crippen LogP contribution is -2.35. The number of carboxylic acids is 2. The number of carbonyl (C=O) groups is 2. The van der Waals surface area contributed by atoms with Crippen molar-refractivity contribution in [1.82, 2.24) is 5.32 Å². The van der Waals surface area contributed by atoms with Gasteiger partial charge in [0.15, 0.2) is 0 Å². The summed E-state index contributed by atoms with van der Waals surface area (Å²) in [5.41, 5.74) is 0.644. The third kappa shape index (κ3) is 3.16. The van der Waals surface area contributed by atoms with Gasteiger partial charge in [0.2, 0.25) is 0 Å². The number of aliphatic carboxylic acids is 2. The van der Waals surface area contributed by atoms with Crippen LogP contribution in [0.5, 0.6) is 0 Å². The number of hydrogen-bond donors (Lipinski definition) is 3. The Morgan fingerprint density at radius 1 is 1.28 bits per heavy atom. The van der Waals surface area contributed by atoms with Crippen LogP contribution in [-0.4, -0.2) is 34.7 Å². The second-order valence-electron chi connectivity index (χ2n) is 7.04. The number of benzene rings is 1. The van der Waals surface area contributed by atoms with E-state index in [0.29, 0.717) is 22.5 Å². The summed E-state index contributed by atoms with van der Waals surface area (Å²) in [7, 11) is 0. The Morgan fingerprint density at radius 2 is 2.00 bits per heavy atom. The highest BCUT2D eigenvalue weighted by atomic mass is 35.5. The Bertz CT molecular complexity index is 763. The molecular weight excluding hydrogens is 365 g/mol. The van der Waals surface area contributed by atoms with E-state index < -0.39 is 18.0 Å². The van der Waals surface area contributed by atoms with E-state index in [4.69, 9.17) is 28.3 Å². The minimum absolute atomic E-state index is 0.0126. The van der Waals surface area contributed by atoms with E-state index in [1.165, 1.54) is 0 Å². The van der Waals surface area contributed by atoms with Crippen molar-refractivity contribution in [3.05, 3.63) is 45.5 Å². The minimum Gasteiger partial charge on any atom is -0.478 e. The van der Waals surface area contributed by atoms with Crippen LogP contribution in [0, 0.1) is 11.8 Å². The third-order valence-corrected chi connectivity index (χ3v) is 6.21. The Labute approximate surface area is 155 Å². The molecule has 1 aromatic carbocycles. The van der Waals surface area contributed by atoms with Crippen LogP contribution in [0.4, 0.5) is 0 Å². The van der Waals surface area contributed by atoms with Gasteiger partial charge in [0, 0.05) is 24.1 Å². The second kappa shape index (κ2) is 6.63. The highest BCUT2D eigenvalue weighted by Crippen LogP contribution is 2.54. The van der Waals surface area contributed by atoms with Gasteiger partial charge in [-0.15, -0.1) is 0 Å². The molecule has 3 N–H and O–H groups in total. The SMILES string of the molecule is CC1C[C@@H]2C(/C(=C\C(=O)O)C(=O)O)NC[C@]2(c2ccc(Cl)c(Cl)c2)C1. The summed E-state index contributed by atoms with van der Waals surface area (Å²) in [6.45, 7) is 2.71. The molecule has 134 valence electrons. The van der Waals surface area contributed by atoms with Crippen LogP contribution in [0.15, 0.2) is 29.8 Å². The van der Waals surface area contributed by atoms with Crippen molar-refractivity contribution in [2.45, 2.75) is 31.2 Å². The predicted octanol–water partition coefficient (Wildman–Crippen LogP) is 3.34. The number of fused-ring (bicyclic) bond motifs is 1. The van der Waals surface area contributed by atoms with Gasteiger partial charge in [-0.05, 0) is 42.4 Å². The maximum atomic E-state index is 11.6. The first-order chi connectivity index (χ1) is 11.7. The van der Waals surface area contributed by atoms with E-state index in [1.54, 1.807) is 6.07 Å². The molecule has 0 amide bonds. The molecule has 0 spiro atoms. The molecule has 1 saturated heterocycles. The van der Waals surface area contributed by atoms with Crippen molar-refractivity contribution >= 4 is 35.1 Å². The molecule has 2 fully saturated rings. The molecule has 3 rings (SSSR count). The smallest absolute Gasteiger partial charge is 0.333 e. The van der Waals surface area contributed by atoms with Crippen molar-refractivity contribution in [1.29, 1.82) is 0 Å². The van der Waals surface area contributed by atoms with Gasteiger partial charge in [0.05, 0.1) is 15.6 Å². The van der Waals surface area contributed by atoms with Crippen LogP contribution >= 0.6 is 23.2 Å². The zero-order valence-electron chi connectivity index (χ0n) is 13.6. The summed E-state index contributed by atoms with van der Waals surface area (Å²) in [6.07, 6.45) is 2.51. The maximum Gasteiger partial charge on any atom is 0.333 e. The first kappa shape index (κ1) is 18.2. The normalized spacial score (nSPS) is 31.8. The van der Waals surface area contributed by atoms with E-state index in [-0.39, 0.29) is 16.9 Å². The van der Waals surface area contributed by atoms with Crippen LogP contribution in [0.3, 0.4) is 0 Å². The fourth-order valence-corrected chi connectivity index (χ4v) is 4.89. The third-order valence-electron chi connectivity index (χ3n) is 5.47. The Hall–Kier alpha value is -1.56. The molecule has 1 aliphatic heterocycles. The number of carboxylic acid groups (broad SMARTS) is 2. The monoisotopic (exact) mass is 383 g/mol. The molecule has 1 saturated carbocycles. The summed E-state index contributed by atoms with van der Waals surface area (Å²) in [5.74, 6) is -2.06. The molecule has 0 bridgehead atoms. The lowest BCUT2D eigenvalue weighted by molar-refractivity contribution is -0.135. The van der Waals surface area contributed by atoms with Gasteiger partial charge in [-0.1, -0.05) is 36.2 Å². The first-order valence-electron chi connectivity index (χ1n) is 8.11. The molecule has 0 aromatic heterocycles. The van der Waals surface area contributed by atoms with Gasteiger partial charge in [-0.2, -0.15) is 0 Å². The number of hydrogen-bond acceptors (Lipinski definition) is 3. The van der Waals surface area contributed by atoms with Gasteiger partial charge in [-0.3, -0.25) is 0 Å². The lowest BCUT2D eigenvalue weighted by Gasteiger charge is -2.31. The first-order valence-corrected chi connectivity index (χ1v) is 8.87. The van der Waals surface area contributed by atoms with Crippen LogP contribution in [-0.2, 0) is 15.0 Å². The molecule has 2 aliphatic rings. The Morgan fingerprint density at radius 3 is 2.60 bits per heavy atom. The standard InChI is InChI=1S/C18H19Cl2NO4/c1-9-4-12-16(11(17(24)25)6-15(22)23)21-8-18(12,7-9)10-2-3-13(19)14(20)5-10/h2-3,5-6,9,12,16,21H,4,7-8H2,1H3,(H,22,23)(H,24,25)/b11-6+/t9?,12-,16?,18+/m1/s1. The molecule has 25 heavy (non-hydrogen) atoms. The molecule has 1 heterocycles. The van der Waals surface area contributed by atoms with E-state index in [1.807, 2.05) is 12.1 Å². The Balaban J connectivity index is 2.04. The largest absolute Gasteiger partial charge is 0.478 e. The number of halogens is 2. The van der Waals surface area contributed by atoms with Crippen LogP contribution < -0.4 is 5.32 Å². The average Bonchev–Trinajstić information content (AvgIpc) is 3.02. The topological polar surface area (TPSA) is 86.6 Å². The van der Waals surface area contributed by atoms with Gasteiger partial charge >= 0.3 is 11.9 Å². The zero-order valence-corrected chi connectivity index (χ0v) is 15.1. The quantitative estimate of drug-likeness (QED) is 0.694. The maximum absolute atomic E-state index is 11.6. The molecule has 1 aliphatic carbocycles. The van der Waals surface area contributed by atoms with Gasteiger partial charge in [-0.25, -0.2) is 9.59 Å². The Kier molecular flexibility index (Phi) is 4.84. The van der Waals surface area contributed by atoms with Crippen LogP contribution in [0.25, 0.3) is 0 Å². The van der Waals surface area contributed by atoms with Crippen LogP contribution in [0.2, 0.25) is 10.0 Å². The number of rotatable bonds is 4. The van der Waals surface area contributed by atoms with E-state index >= 15 is 0 Å². The molecular formula is C18H19Cl2NO4. The fraction of sp³-hybridized carbons (Fsp3) is 0.444. The van der Waals surface area contributed by atoms with Crippen LogP contribution in [0.1, 0.15) is 25.3 Å². The zero-order chi connectivity index (χ0) is 18.4. The second-order valence-corrected chi connectivity index (χ2v) is 7.85. The molecule has 0 radical (unpaired) electrons.